The van der Waals surface area contributed by atoms with Crippen LogP contribution in [0.4, 0.5) is 5.69 Å². The van der Waals surface area contributed by atoms with Crippen LogP contribution in [0.2, 0.25) is 0 Å². The third-order valence-electron chi connectivity index (χ3n) is 3.72. The van der Waals surface area contributed by atoms with Gasteiger partial charge in [0.05, 0.1) is 23.0 Å². The molecule has 2 rings (SSSR count). The van der Waals surface area contributed by atoms with Crippen molar-refractivity contribution in [2.24, 2.45) is 0 Å². The van der Waals surface area contributed by atoms with Crippen LogP contribution >= 0.6 is 11.8 Å². The lowest BCUT2D eigenvalue weighted by molar-refractivity contribution is -0.122. The molecule has 2 heterocycles. The maximum absolute atomic E-state index is 12.5. The molecule has 1 aromatic rings. The number of carbonyl (C=O) groups excluding carboxylic acids is 1. The molecule has 0 spiro atoms. The average Bonchev–Trinajstić information content (AvgIpc) is 2.50. The number of nitrogens with one attached hydrogen (secondary N) is 1. The molecular formula is C16H25N3OS. The van der Waals surface area contributed by atoms with Gasteiger partial charge in [0, 0.05) is 0 Å². The molecule has 0 radical (unpaired) electrons. The fourth-order valence-corrected chi connectivity index (χ4v) is 3.34. The number of nitrogens with zero attached hydrogens (tertiary/aromatic N) is 2. The largest absolute Gasteiger partial charge is 0.323 e. The molecule has 21 heavy (non-hydrogen) atoms. The number of likely N-dealkylation sites (tertiary alicyclic amines) is 1. The van der Waals surface area contributed by atoms with Gasteiger partial charge in [-0.15, -0.1) is 11.8 Å². The second-order valence-electron chi connectivity index (χ2n) is 5.35. The maximum atomic E-state index is 12.5. The molecule has 1 N–H and O–H groups in total. The molecule has 0 saturated carbocycles. The number of rotatable bonds is 6. The number of hydrogen-bond donors (Lipinski definition) is 1. The summed E-state index contributed by atoms with van der Waals surface area (Å²) in [6, 6.07) is 3.92. The lowest BCUT2D eigenvalue weighted by Crippen LogP contribution is -2.47. The SMILES string of the molecule is CCCN1CCCCC1C(=O)Nc1ccc(SCC)nc1. The first kappa shape index (κ1) is 16.3. The highest BCUT2D eigenvalue weighted by molar-refractivity contribution is 7.99. The van der Waals surface area contributed by atoms with Gasteiger partial charge in [-0.3, -0.25) is 9.69 Å². The number of hydrogen-bond acceptors (Lipinski definition) is 4. The van der Waals surface area contributed by atoms with E-state index in [2.05, 4.69) is 29.0 Å². The van der Waals surface area contributed by atoms with Crippen LogP contribution in [0.1, 0.15) is 39.5 Å². The lowest BCUT2D eigenvalue weighted by atomic mass is 10.0. The summed E-state index contributed by atoms with van der Waals surface area (Å²) in [6.45, 7) is 6.31. The third-order valence-corrected chi connectivity index (χ3v) is 4.55. The van der Waals surface area contributed by atoms with E-state index in [9.17, 15) is 4.79 Å². The first-order valence-electron chi connectivity index (χ1n) is 7.88. The van der Waals surface area contributed by atoms with Gasteiger partial charge >= 0.3 is 0 Å². The normalized spacial score (nSPS) is 19.4. The summed E-state index contributed by atoms with van der Waals surface area (Å²) in [4.78, 5) is 19.1. The highest BCUT2D eigenvalue weighted by Crippen LogP contribution is 2.20. The van der Waals surface area contributed by atoms with Gasteiger partial charge in [0.2, 0.25) is 5.91 Å². The van der Waals surface area contributed by atoms with Crippen LogP contribution in [0, 0.1) is 0 Å². The van der Waals surface area contributed by atoms with Crippen LogP contribution in [0.3, 0.4) is 0 Å². The molecule has 5 heteroatoms. The fourth-order valence-electron chi connectivity index (χ4n) is 2.76. The first-order valence-corrected chi connectivity index (χ1v) is 8.87. The predicted molar refractivity (Wildman–Crippen MR) is 88.8 cm³/mol. The van der Waals surface area contributed by atoms with Crippen LogP contribution in [0.5, 0.6) is 0 Å². The van der Waals surface area contributed by atoms with Crippen molar-refractivity contribution in [3.8, 4) is 0 Å². The van der Waals surface area contributed by atoms with E-state index in [1.54, 1.807) is 18.0 Å². The number of pyridine rings is 1. The van der Waals surface area contributed by atoms with E-state index in [0.29, 0.717) is 0 Å². The van der Waals surface area contributed by atoms with Crippen LogP contribution in [0.15, 0.2) is 23.4 Å². The van der Waals surface area contributed by atoms with E-state index in [0.717, 1.165) is 48.8 Å². The number of piperidine rings is 1. The second-order valence-corrected chi connectivity index (χ2v) is 6.64. The molecule has 0 aromatic carbocycles. The van der Waals surface area contributed by atoms with Crippen LogP contribution in [-0.2, 0) is 4.79 Å². The summed E-state index contributed by atoms with van der Waals surface area (Å²) >= 11 is 1.71. The van der Waals surface area contributed by atoms with E-state index < -0.39 is 0 Å². The van der Waals surface area contributed by atoms with Crippen molar-refractivity contribution in [3.05, 3.63) is 18.3 Å². The molecule has 1 unspecified atom stereocenters. The van der Waals surface area contributed by atoms with Crippen molar-refractivity contribution in [2.75, 3.05) is 24.2 Å². The number of amides is 1. The molecule has 1 aliphatic heterocycles. The second kappa shape index (κ2) is 8.39. The van der Waals surface area contributed by atoms with Gasteiger partial charge in [0.1, 0.15) is 0 Å². The number of aromatic nitrogens is 1. The quantitative estimate of drug-likeness (QED) is 0.818. The average molecular weight is 307 g/mol. The molecule has 4 nitrogen and oxygen atoms in total. The molecule has 1 aliphatic rings. The van der Waals surface area contributed by atoms with Crippen LogP contribution in [-0.4, -0.2) is 40.7 Å². The van der Waals surface area contributed by atoms with E-state index in [1.165, 1.54) is 6.42 Å². The zero-order valence-electron chi connectivity index (χ0n) is 13.0. The summed E-state index contributed by atoms with van der Waals surface area (Å²) in [5, 5.41) is 4.02. The molecule has 1 amide bonds. The Labute approximate surface area is 131 Å². The Hall–Kier alpha value is -1.07. The van der Waals surface area contributed by atoms with Crippen molar-refractivity contribution in [1.29, 1.82) is 0 Å². The van der Waals surface area contributed by atoms with E-state index in [1.807, 2.05) is 12.1 Å². The molecule has 0 bridgehead atoms. The van der Waals surface area contributed by atoms with Crippen molar-refractivity contribution in [2.45, 2.75) is 50.6 Å². The van der Waals surface area contributed by atoms with Gasteiger partial charge in [-0.05, 0) is 50.2 Å². The van der Waals surface area contributed by atoms with Gasteiger partial charge in [-0.1, -0.05) is 20.3 Å². The van der Waals surface area contributed by atoms with Gasteiger partial charge in [0.25, 0.3) is 0 Å². The molecular weight excluding hydrogens is 282 g/mol. The van der Waals surface area contributed by atoms with Crippen LogP contribution in [0.25, 0.3) is 0 Å². The molecule has 1 saturated heterocycles. The van der Waals surface area contributed by atoms with Crippen molar-refractivity contribution >= 4 is 23.4 Å². The predicted octanol–water partition coefficient (Wildman–Crippen LogP) is 3.40. The Morgan fingerprint density at radius 1 is 1.43 bits per heavy atom. The van der Waals surface area contributed by atoms with Gasteiger partial charge < -0.3 is 5.32 Å². The van der Waals surface area contributed by atoms with E-state index in [4.69, 9.17) is 0 Å². The minimum atomic E-state index is 0.0170. The summed E-state index contributed by atoms with van der Waals surface area (Å²) in [5.41, 5.74) is 0.794. The minimum absolute atomic E-state index is 0.0170. The molecule has 116 valence electrons. The Morgan fingerprint density at radius 2 is 2.29 bits per heavy atom. The van der Waals surface area contributed by atoms with Crippen molar-refractivity contribution in [3.63, 3.8) is 0 Å². The zero-order valence-corrected chi connectivity index (χ0v) is 13.8. The van der Waals surface area contributed by atoms with Crippen molar-refractivity contribution < 1.29 is 4.79 Å². The minimum Gasteiger partial charge on any atom is -0.323 e. The lowest BCUT2D eigenvalue weighted by Gasteiger charge is -2.34. The van der Waals surface area contributed by atoms with E-state index >= 15 is 0 Å². The summed E-state index contributed by atoms with van der Waals surface area (Å²) in [7, 11) is 0. The topological polar surface area (TPSA) is 45.2 Å². The highest BCUT2D eigenvalue weighted by atomic mass is 32.2. The number of anilines is 1. The molecule has 1 atom stereocenters. The number of thioether (sulfide) groups is 1. The fraction of sp³-hybridized carbons (Fsp3) is 0.625. The Kier molecular flexibility index (Phi) is 6.51. The highest BCUT2D eigenvalue weighted by Gasteiger charge is 2.27. The zero-order chi connectivity index (χ0) is 15.1. The van der Waals surface area contributed by atoms with Crippen molar-refractivity contribution in [1.82, 2.24) is 9.88 Å². The molecule has 0 aliphatic carbocycles. The molecule has 1 fully saturated rings. The van der Waals surface area contributed by atoms with E-state index in [-0.39, 0.29) is 11.9 Å². The van der Waals surface area contributed by atoms with Gasteiger partial charge in [-0.2, -0.15) is 0 Å². The first-order chi connectivity index (χ1) is 10.2. The monoisotopic (exact) mass is 307 g/mol. The standard InChI is InChI=1S/C16H25N3OS/c1-3-10-19-11-6-5-7-14(19)16(20)18-13-8-9-15(17-12-13)21-4-2/h8-9,12,14H,3-7,10-11H2,1-2H3,(H,18,20). The summed E-state index contributed by atoms with van der Waals surface area (Å²) in [6.07, 6.45) is 6.15. The van der Waals surface area contributed by atoms with Crippen LogP contribution < -0.4 is 5.32 Å². The Balaban J connectivity index is 1.95. The Bertz CT molecular complexity index is 447. The summed E-state index contributed by atoms with van der Waals surface area (Å²) < 4.78 is 0. The number of carbonyl (C=O) groups is 1. The third kappa shape index (κ3) is 4.71. The maximum Gasteiger partial charge on any atom is 0.241 e. The molecule has 1 aromatic heterocycles. The van der Waals surface area contributed by atoms with Gasteiger partial charge in [-0.25, -0.2) is 4.98 Å². The summed E-state index contributed by atoms with van der Waals surface area (Å²) in [5.74, 6) is 1.12. The smallest absolute Gasteiger partial charge is 0.241 e. The Morgan fingerprint density at radius 3 is 2.95 bits per heavy atom. The van der Waals surface area contributed by atoms with Gasteiger partial charge in [0.15, 0.2) is 0 Å².